The van der Waals surface area contributed by atoms with Crippen molar-refractivity contribution in [3.63, 3.8) is 0 Å². The number of nitrogens with zero attached hydrogens (tertiary/aromatic N) is 1. The Morgan fingerprint density at radius 1 is 1.54 bits per heavy atom. The molecule has 0 spiro atoms. The van der Waals surface area contributed by atoms with Crippen LogP contribution in [0.1, 0.15) is 12.8 Å². The molecule has 0 radical (unpaired) electrons. The third-order valence-electron chi connectivity index (χ3n) is 2.23. The van der Waals surface area contributed by atoms with Crippen molar-refractivity contribution in [3.8, 4) is 5.88 Å². The summed E-state index contributed by atoms with van der Waals surface area (Å²) in [5, 5.41) is 3.37. The zero-order chi connectivity index (χ0) is 8.93. The Bertz CT molecular complexity index is 244. The topological polar surface area (TPSA) is 34.1 Å². The standard InChI is InChI=1S/C10H14N2O/c1-2-6-12-10(5-1)13-8-9-4-3-7-11-9/h1-2,5-6,9,11H,3-4,7-8H2/t9-/m0/s1. The van der Waals surface area contributed by atoms with Gasteiger partial charge >= 0.3 is 0 Å². The molecule has 1 N–H and O–H groups in total. The van der Waals surface area contributed by atoms with Gasteiger partial charge in [0.25, 0.3) is 0 Å². The molecule has 13 heavy (non-hydrogen) atoms. The Morgan fingerprint density at radius 3 is 3.23 bits per heavy atom. The lowest BCUT2D eigenvalue weighted by molar-refractivity contribution is 0.267. The molecule has 1 fully saturated rings. The van der Waals surface area contributed by atoms with Gasteiger partial charge in [0.15, 0.2) is 0 Å². The van der Waals surface area contributed by atoms with E-state index >= 15 is 0 Å². The fourth-order valence-corrected chi connectivity index (χ4v) is 1.52. The molecule has 1 aromatic rings. The first kappa shape index (κ1) is 8.51. The van der Waals surface area contributed by atoms with E-state index in [1.165, 1.54) is 12.8 Å². The maximum Gasteiger partial charge on any atom is 0.213 e. The Balaban J connectivity index is 1.79. The minimum Gasteiger partial charge on any atom is -0.476 e. The summed E-state index contributed by atoms with van der Waals surface area (Å²) in [6.07, 6.45) is 4.22. The highest BCUT2D eigenvalue weighted by Gasteiger charge is 2.14. The number of pyridine rings is 1. The van der Waals surface area contributed by atoms with Crippen molar-refractivity contribution >= 4 is 0 Å². The lowest BCUT2D eigenvalue weighted by Crippen LogP contribution is -2.28. The molecule has 0 aliphatic carbocycles. The summed E-state index contributed by atoms with van der Waals surface area (Å²) < 4.78 is 5.52. The predicted octanol–water partition coefficient (Wildman–Crippen LogP) is 1.21. The van der Waals surface area contributed by atoms with E-state index in [4.69, 9.17) is 4.74 Å². The van der Waals surface area contributed by atoms with Crippen molar-refractivity contribution < 1.29 is 4.74 Å². The maximum absolute atomic E-state index is 5.52. The minimum atomic E-state index is 0.516. The summed E-state index contributed by atoms with van der Waals surface area (Å²) in [5.74, 6) is 0.719. The second-order valence-electron chi connectivity index (χ2n) is 3.27. The van der Waals surface area contributed by atoms with Crippen molar-refractivity contribution in [2.45, 2.75) is 18.9 Å². The van der Waals surface area contributed by atoms with E-state index in [2.05, 4.69) is 10.3 Å². The van der Waals surface area contributed by atoms with E-state index < -0.39 is 0 Å². The van der Waals surface area contributed by atoms with E-state index in [1.807, 2.05) is 18.2 Å². The van der Waals surface area contributed by atoms with Crippen LogP contribution in [0.4, 0.5) is 0 Å². The molecule has 0 bridgehead atoms. The first-order valence-electron chi connectivity index (χ1n) is 4.72. The van der Waals surface area contributed by atoms with Crippen LogP contribution in [-0.4, -0.2) is 24.2 Å². The van der Waals surface area contributed by atoms with E-state index in [0.29, 0.717) is 6.04 Å². The lowest BCUT2D eigenvalue weighted by atomic mass is 10.2. The number of ether oxygens (including phenoxy) is 1. The van der Waals surface area contributed by atoms with E-state index in [0.717, 1.165) is 19.0 Å². The average molecular weight is 178 g/mol. The van der Waals surface area contributed by atoms with Gasteiger partial charge in [0.2, 0.25) is 5.88 Å². The van der Waals surface area contributed by atoms with Crippen molar-refractivity contribution in [1.82, 2.24) is 10.3 Å². The Morgan fingerprint density at radius 2 is 2.54 bits per heavy atom. The molecule has 3 nitrogen and oxygen atoms in total. The number of aromatic nitrogens is 1. The normalized spacial score (nSPS) is 21.7. The summed E-state index contributed by atoms with van der Waals surface area (Å²) in [4.78, 5) is 4.09. The molecule has 0 aromatic carbocycles. The molecule has 2 rings (SSSR count). The molecule has 2 heterocycles. The molecule has 1 aliphatic rings. The molecule has 1 atom stereocenters. The summed E-state index contributed by atoms with van der Waals surface area (Å²) >= 11 is 0. The minimum absolute atomic E-state index is 0.516. The van der Waals surface area contributed by atoms with Gasteiger partial charge in [-0.1, -0.05) is 6.07 Å². The quantitative estimate of drug-likeness (QED) is 0.755. The molecular formula is C10H14N2O. The number of nitrogens with one attached hydrogen (secondary N) is 1. The number of hydrogen-bond acceptors (Lipinski definition) is 3. The summed E-state index contributed by atoms with van der Waals surface area (Å²) in [6.45, 7) is 1.85. The highest BCUT2D eigenvalue weighted by molar-refractivity contribution is 5.09. The Kier molecular flexibility index (Phi) is 2.77. The fraction of sp³-hybridized carbons (Fsp3) is 0.500. The first-order valence-corrected chi connectivity index (χ1v) is 4.72. The molecule has 1 aliphatic heterocycles. The monoisotopic (exact) mass is 178 g/mol. The van der Waals surface area contributed by atoms with E-state index in [9.17, 15) is 0 Å². The van der Waals surface area contributed by atoms with Gasteiger partial charge in [0.05, 0.1) is 0 Å². The Labute approximate surface area is 78.1 Å². The van der Waals surface area contributed by atoms with Gasteiger partial charge in [-0.3, -0.25) is 0 Å². The molecule has 0 unspecified atom stereocenters. The maximum atomic E-state index is 5.52. The second kappa shape index (κ2) is 4.23. The van der Waals surface area contributed by atoms with Crippen LogP contribution in [-0.2, 0) is 0 Å². The van der Waals surface area contributed by atoms with Crippen molar-refractivity contribution in [2.24, 2.45) is 0 Å². The van der Waals surface area contributed by atoms with Crippen LogP contribution >= 0.6 is 0 Å². The van der Waals surface area contributed by atoms with Gasteiger partial charge in [-0.2, -0.15) is 0 Å². The van der Waals surface area contributed by atoms with Gasteiger partial charge in [0.1, 0.15) is 6.61 Å². The first-order chi connectivity index (χ1) is 6.45. The average Bonchev–Trinajstić information content (AvgIpc) is 2.69. The summed E-state index contributed by atoms with van der Waals surface area (Å²) in [6, 6.07) is 6.22. The zero-order valence-electron chi connectivity index (χ0n) is 7.57. The second-order valence-corrected chi connectivity index (χ2v) is 3.27. The molecule has 0 amide bonds. The van der Waals surface area contributed by atoms with Gasteiger partial charge < -0.3 is 10.1 Å². The smallest absolute Gasteiger partial charge is 0.213 e. The van der Waals surface area contributed by atoms with Crippen molar-refractivity contribution in [1.29, 1.82) is 0 Å². The highest BCUT2D eigenvalue weighted by atomic mass is 16.5. The lowest BCUT2D eigenvalue weighted by Gasteiger charge is -2.10. The molecule has 3 heteroatoms. The van der Waals surface area contributed by atoms with Gasteiger partial charge in [-0.15, -0.1) is 0 Å². The van der Waals surface area contributed by atoms with Gasteiger partial charge in [0, 0.05) is 18.3 Å². The van der Waals surface area contributed by atoms with Crippen LogP contribution in [0, 0.1) is 0 Å². The van der Waals surface area contributed by atoms with Crippen LogP contribution in [0.15, 0.2) is 24.4 Å². The van der Waals surface area contributed by atoms with Crippen LogP contribution in [0.3, 0.4) is 0 Å². The van der Waals surface area contributed by atoms with E-state index in [1.54, 1.807) is 6.20 Å². The zero-order valence-corrected chi connectivity index (χ0v) is 7.57. The highest BCUT2D eigenvalue weighted by Crippen LogP contribution is 2.08. The summed E-state index contributed by atoms with van der Waals surface area (Å²) in [5.41, 5.74) is 0. The van der Waals surface area contributed by atoms with Gasteiger partial charge in [-0.05, 0) is 25.5 Å². The molecule has 1 aromatic heterocycles. The Hall–Kier alpha value is -1.09. The van der Waals surface area contributed by atoms with Gasteiger partial charge in [-0.25, -0.2) is 4.98 Å². The third-order valence-corrected chi connectivity index (χ3v) is 2.23. The van der Waals surface area contributed by atoms with Crippen molar-refractivity contribution in [3.05, 3.63) is 24.4 Å². The largest absolute Gasteiger partial charge is 0.476 e. The molecule has 1 saturated heterocycles. The predicted molar refractivity (Wildman–Crippen MR) is 50.8 cm³/mol. The van der Waals surface area contributed by atoms with Crippen LogP contribution in [0.5, 0.6) is 5.88 Å². The fourth-order valence-electron chi connectivity index (χ4n) is 1.52. The molecular weight excluding hydrogens is 164 g/mol. The summed E-state index contributed by atoms with van der Waals surface area (Å²) in [7, 11) is 0. The van der Waals surface area contributed by atoms with Crippen LogP contribution in [0.25, 0.3) is 0 Å². The number of hydrogen-bond donors (Lipinski definition) is 1. The molecule has 70 valence electrons. The van der Waals surface area contributed by atoms with E-state index in [-0.39, 0.29) is 0 Å². The molecule has 0 saturated carbocycles. The van der Waals surface area contributed by atoms with Crippen LogP contribution < -0.4 is 10.1 Å². The van der Waals surface area contributed by atoms with Crippen molar-refractivity contribution in [2.75, 3.05) is 13.2 Å². The van der Waals surface area contributed by atoms with Crippen LogP contribution in [0.2, 0.25) is 0 Å². The SMILES string of the molecule is c1ccc(OC[C@@H]2CCCN2)nc1. The third kappa shape index (κ3) is 2.42. The number of rotatable bonds is 3.